The Morgan fingerprint density at radius 1 is 1.32 bits per heavy atom. The summed E-state index contributed by atoms with van der Waals surface area (Å²) in [5, 5.41) is 12.8. The average Bonchev–Trinajstić information content (AvgIpc) is 2.96. The molecule has 0 aliphatic rings. The highest BCUT2D eigenvalue weighted by Gasteiger charge is 2.13. The molecule has 0 spiro atoms. The van der Waals surface area contributed by atoms with Crippen LogP contribution in [0.5, 0.6) is 0 Å². The number of hydrogen-bond acceptors (Lipinski definition) is 3. The van der Waals surface area contributed by atoms with Gasteiger partial charge in [-0.15, -0.1) is 0 Å². The lowest BCUT2D eigenvalue weighted by Crippen LogP contribution is -2.28. The van der Waals surface area contributed by atoms with E-state index in [2.05, 4.69) is 10.3 Å². The van der Waals surface area contributed by atoms with Crippen LogP contribution in [-0.2, 0) is 0 Å². The minimum absolute atomic E-state index is 0.149. The Labute approximate surface area is 128 Å². The van der Waals surface area contributed by atoms with Crippen molar-refractivity contribution in [2.75, 3.05) is 6.54 Å². The highest BCUT2D eigenvalue weighted by Crippen LogP contribution is 2.11. The number of aliphatic hydroxyl groups excluding tert-OH is 1. The van der Waals surface area contributed by atoms with Crippen molar-refractivity contribution in [3.63, 3.8) is 0 Å². The quantitative estimate of drug-likeness (QED) is 0.774. The number of fused-ring (bicyclic) bond motifs is 1. The third-order valence-corrected chi connectivity index (χ3v) is 3.49. The predicted octanol–water partition coefficient (Wildman–Crippen LogP) is 2.11. The Balaban J connectivity index is 1.68. The number of hydrogen-bond donors (Lipinski definition) is 2. The Kier molecular flexibility index (Phi) is 3.89. The van der Waals surface area contributed by atoms with Crippen molar-refractivity contribution in [2.45, 2.75) is 13.0 Å². The molecule has 0 saturated heterocycles. The van der Waals surface area contributed by atoms with Crippen LogP contribution in [0.25, 0.3) is 5.65 Å². The van der Waals surface area contributed by atoms with Crippen molar-refractivity contribution in [3.05, 3.63) is 71.7 Å². The number of aliphatic hydroxyl groups is 1. The van der Waals surface area contributed by atoms with Gasteiger partial charge < -0.3 is 14.8 Å². The Morgan fingerprint density at radius 3 is 2.86 bits per heavy atom. The van der Waals surface area contributed by atoms with Gasteiger partial charge in [-0.05, 0) is 30.2 Å². The molecule has 5 heteroatoms. The van der Waals surface area contributed by atoms with Gasteiger partial charge in [-0.1, -0.05) is 30.3 Å². The number of imidazole rings is 1. The highest BCUT2D eigenvalue weighted by atomic mass is 16.3. The molecule has 2 aromatic heterocycles. The van der Waals surface area contributed by atoms with E-state index >= 15 is 0 Å². The fourth-order valence-electron chi connectivity index (χ4n) is 2.27. The van der Waals surface area contributed by atoms with E-state index in [1.165, 1.54) is 0 Å². The lowest BCUT2D eigenvalue weighted by atomic mass is 10.1. The van der Waals surface area contributed by atoms with Crippen molar-refractivity contribution in [1.82, 2.24) is 14.7 Å². The number of benzene rings is 1. The minimum atomic E-state index is -0.732. The van der Waals surface area contributed by atoms with Crippen molar-refractivity contribution in [2.24, 2.45) is 0 Å². The standard InChI is InChI=1S/C17H17N3O2/c1-12-7-8-20-11-14(19-16(20)9-12)17(22)18-10-15(21)13-5-3-2-4-6-13/h2-9,11,15,21H,10H2,1H3,(H,18,22)/t15-/m1/s1. The summed E-state index contributed by atoms with van der Waals surface area (Å²) in [4.78, 5) is 16.4. The number of aryl methyl sites for hydroxylation is 1. The van der Waals surface area contributed by atoms with E-state index in [0.29, 0.717) is 5.69 Å². The van der Waals surface area contributed by atoms with Crippen LogP contribution in [0.2, 0.25) is 0 Å². The van der Waals surface area contributed by atoms with E-state index in [1.807, 2.05) is 55.6 Å². The number of nitrogens with zero attached hydrogens (tertiary/aromatic N) is 2. The molecule has 1 amide bonds. The fourth-order valence-corrected chi connectivity index (χ4v) is 2.27. The molecule has 2 heterocycles. The van der Waals surface area contributed by atoms with Gasteiger partial charge in [0.05, 0.1) is 6.10 Å². The fraction of sp³-hybridized carbons (Fsp3) is 0.176. The summed E-state index contributed by atoms with van der Waals surface area (Å²) >= 11 is 0. The molecular formula is C17H17N3O2. The first-order chi connectivity index (χ1) is 10.6. The molecule has 0 saturated carbocycles. The second kappa shape index (κ2) is 5.99. The first kappa shape index (κ1) is 14.3. The largest absolute Gasteiger partial charge is 0.387 e. The summed E-state index contributed by atoms with van der Waals surface area (Å²) in [5.41, 5.74) is 2.93. The van der Waals surface area contributed by atoms with Crippen LogP contribution in [0.15, 0.2) is 54.9 Å². The third-order valence-electron chi connectivity index (χ3n) is 3.49. The highest BCUT2D eigenvalue weighted by molar-refractivity contribution is 5.92. The molecule has 1 aromatic carbocycles. The summed E-state index contributed by atoms with van der Waals surface area (Å²) in [6.07, 6.45) is 2.82. The summed E-state index contributed by atoms with van der Waals surface area (Å²) in [7, 11) is 0. The summed E-state index contributed by atoms with van der Waals surface area (Å²) < 4.78 is 1.80. The van der Waals surface area contributed by atoms with E-state index in [0.717, 1.165) is 16.8 Å². The maximum absolute atomic E-state index is 12.1. The maximum atomic E-state index is 12.1. The molecule has 0 bridgehead atoms. The normalized spacial score (nSPS) is 12.3. The molecule has 0 fully saturated rings. The predicted molar refractivity (Wildman–Crippen MR) is 83.7 cm³/mol. The molecule has 2 N–H and O–H groups in total. The van der Waals surface area contributed by atoms with Gasteiger partial charge in [0.1, 0.15) is 11.3 Å². The summed E-state index contributed by atoms with van der Waals surface area (Å²) in [6.45, 7) is 2.13. The first-order valence-corrected chi connectivity index (χ1v) is 7.10. The summed E-state index contributed by atoms with van der Waals surface area (Å²) in [5.74, 6) is -0.295. The molecular weight excluding hydrogens is 278 g/mol. The van der Waals surface area contributed by atoms with Gasteiger partial charge in [-0.3, -0.25) is 4.79 Å². The number of carbonyl (C=O) groups excluding carboxylic acids is 1. The molecule has 1 atom stereocenters. The van der Waals surface area contributed by atoms with Gasteiger partial charge in [-0.25, -0.2) is 4.98 Å². The van der Waals surface area contributed by atoms with Crippen LogP contribution < -0.4 is 5.32 Å². The number of amides is 1. The minimum Gasteiger partial charge on any atom is -0.387 e. The zero-order valence-electron chi connectivity index (χ0n) is 12.2. The lowest BCUT2D eigenvalue weighted by molar-refractivity contribution is 0.0912. The Hall–Kier alpha value is -2.66. The molecule has 3 rings (SSSR count). The van der Waals surface area contributed by atoms with Crippen LogP contribution in [0.4, 0.5) is 0 Å². The molecule has 22 heavy (non-hydrogen) atoms. The van der Waals surface area contributed by atoms with Gasteiger partial charge in [0.2, 0.25) is 0 Å². The first-order valence-electron chi connectivity index (χ1n) is 7.10. The van der Waals surface area contributed by atoms with Gasteiger partial charge >= 0.3 is 0 Å². The molecule has 112 valence electrons. The van der Waals surface area contributed by atoms with Gasteiger partial charge in [0.25, 0.3) is 5.91 Å². The summed E-state index contributed by atoms with van der Waals surface area (Å²) in [6, 6.07) is 13.1. The van der Waals surface area contributed by atoms with Gasteiger partial charge in [0.15, 0.2) is 0 Å². The van der Waals surface area contributed by atoms with Crippen LogP contribution in [0.3, 0.4) is 0 Å². The number of nitrogens with one attached hydrogen (secondary N) is 1. The zero-order valence-corrected chi connectivity index (χ0v) is 12.2. The molecule has 5 nitrogen and oxygen atoms in total. The van der Waals surface area contributed by atoms with Crippen LogP contribution in [0.1, 0.15) is 27.7 Å². The lowest BCUT2D eigenvalue weighted by Gasteiger charge is -2.11. The average molecular weight is 295 g/mol. The smallest absolute Gasteiger partial charge is 0.271 e. The molecule has 3 aromatic rings. The van der Waals surface area contributed by atoms with Crippen molar-refractivity contribution >= 4 is 11.6 Å². The second-order valence-corrected chi connectivity index (χ2v) is 5.23. The number of pyridine rings is 1. The van der Waals surface area contributed by atoms with Gasteiger partial charge in [0, 0.05) is 18.9 Å². The van der Waals surface area contributed by atoms with Crippen molar-refractivity contribution < 1.29 is 9.90 Å². The number of rotatable bonds is 4. The number of carbonyl (C=O) groups is 1. The van der Waals surface area contributed by atoms with Crippen molar-refractivity contribution in [3.8, 4) is 0 Å². The monoisotopic (exact) mass is 295 g/mol. The molecule has 0 unspecified atom stereocenters. The Bertz CT molecular complexity index is 796. The third kappa shape index (κ3) is 2.99. The van der Waals surface area contributed by atoms with E-state index in [4.69, 9.17) is 0 Å². The molecule has 0 radical (unpaired) electrons. The van der Waals surface area contributed by atoms with E-state index in [1.54, 1.807) is 10.6 Å². The van der Waals surface area contributed by atoms with E-state index < -0.39 is 6.10 Å². The Morgan fingerprint density at radius 2 is 2.09 bits per heavy atom. The topological polar surface area (TPSA) is 66.6 Å². The zero-order chi connectivity index (χ0) is 15.5. The maximum Gasteiger partial charge on any atom is 0.271 e. The van der Waals surface area contributed by atoms with E-state index in [-0.39, 0.29) is 12.5 Å². The van der Waals surface area contributed by atoms with Crippen molar-refractivity contribution in [1.29, 1.82) is 0 Å². The SMILES string of the molecule is Cc1ccn2cc(C(=O)NC[C@@H](O)c3ccccc3)nc2c1. The second-order valence-electron chi connectivity index (χ2n) is 5.23. The van der Waals surface area contributed by atoms with Crippen LogP contribution >= 0.6 is 0 Å². The van der Waals surface area contributed by atoms with E-state index in [9.17, 15) is 9.90 Å². The molecule has 0 aliphatic heterocycles. The number of aromatic nitrogens is 2. The van der Waals surface area contributed by atoms with Crippen LogP contribution in [0, 0.1) is 6.92 Å². The molecule has 0 aliphatic carbocycles. The van der Waals surface area contributed by atoms with Crippen LogP contribution in [-0.4, -0.2) is 26.9 Å². The van der Waals surface area contributed by atoms with Gasteiger partial charge in [-0.2, -0.15) is 0 Å².